The van der Waals surface area contributed by atoms with E-state index in [-0.39, 0.29) is 0 Å². The minimum absolute atomic E-state index is 0.605. The molecule has 4 heteroatoms. The zero-order chi connectivity index (χ0) is 18.4. The van der Waals surface area contributed by atoms with Crippen LogP contribution in [0, 0.1) is 5.92 Å². The highest BCUT2D eigenvalue weighted by atomic mass is 79.9. The molecular weight excluding hydrogens is 388 g/mol. The molecule has 0 unspecified atom stereocenters. The van der Waals surface area contributed by atoms with Crippen molar-refractivity contribution in [3.05, 3.63) is 53.0 Å². The average molecular weight is 417 g/mol. The predicted molar refractivity (Wildman–Crippen MR) is 113 cm³/mol. The summed E-state index contributed by atoms with van der Waals surface area (Å²) in [6.07, 6.45) is 3.52. The summed E-state index contributed by atoms with van der Waals surface area (Å²) in [5, 5.41) is 0. The second kappa shape index (κ2) is 9.54. The molecule has 1 heterocycles. The fraction of sp³-hybridized carbons (Fsp3) is 0.455. The molecule has 2 aromatic rings. The third-order valence-corrected chi connectivity index (χ3v) is 5.90. The predicted octanol–water partition coefficient (Wildman–Crippen LogP) is 4.94. The van der Waals surface area contributed by atoms with Gasteiger partial charge in [-0.3, -0.25) is 0 Å². The maximum absolute atomic E-state index is 6.05. The third kappa shape index (κ3) is 5.32. The van der Waals surface area contributed by atoms with Gasteiger partial charge in [-0.1, -0.05) is 40.2 Å². The van der Waals surface area contributed by atoms with Gasteiger partial charge >= 0.3 is 0 Å². The Labute approximate surface area is 165 Å². The van der Waals surface area contributed by atoms with Gasteiger partial charge in [0.15, 0.2) is 0 Å². The molecular formula is C22H29BrN2O. The van der Waals surface area contributed by atoms with Crippen molar-refractivity contribution in [3.8, 4) is 16.9 Å². The quantitative estimate of drug-likeness (QED) is 0.693. The second-order valence-electron chi connectivity index (χ2n) is 7.25. The lowest BCUT2D eigenvalue weighted by Crippen LogP contribution is -2.41. The summed E-state index contributed by atoms with van der Waals surface area (Å²) in [7, 11) is 0. The number of ether oxygens (including phenoxy) is 1. The summed E-state index contributed by atoms with van der Waals surface area (Å²) >= 11 is 3.48. The Bertz CT molecular complexity index is 664. The molecule has 0 spiro atoms. The van der Waals surface area contributed by atoms with Gasteiger partial charge in [-0.15, -0.1) is 0 Å². The highest BCUT2D eigenvalue weighted by Gasteiger charge is 2.22. The molecule has 0 aliphatic carbocycles. The van der Waals surface area contributed by atoms with Gasteiger partial charge in [0.1, 0.15) is 5.75 Å². The maximum atomic E-state index is 6.05. The van der Waals surface area contributed by atoms with E-state index in [1.165, 1.54) is 24.0 Å². The van der Waals surface area contributed by atoms with Crippen molar-refractivity contribution in [1.82, 2.24) is 4.90 Å². The van der Waals surface area contributed by atoms with Gasteiger partial charge in [0, 0.05) is 10.5 Å². The summed E-state index contributed by atoms with van der Waals surface area (Å²) in [6, 6.07) is 17.4. The van der Waals surface area contributed by atoms with Gasteiger partial charge < -0.3 is 15.4 Å². The molecule has 1 aliphatic rings. The van der Waals surface area contributed by atoms with E-state index in [1.807, 2.05) is 0 Å². The molecule has 3 rings (SSSR count). The van der Waals surface area contributed by atoms with Crippen molar-refractivity contribution in [2.75, 3.05) is 26.2 Å². The van der Waals surface area contributed by atoms with E-state index < -0.39 is 0 Å². The van der Waals surface area contributed by atoms with Crippen LogP contribution in [0.2, 0.25) is 0 Å². The lowest BCUT2D eigenvalue weighted by molar-refractivity contribution is 0.110. The first-order valence-electron chi connectivity index (χ1n) is 9.58. The number of hydrogen-bond acceptors (Lipinski definition) is 3. The molecule has 0 saturated carbocycles. The number of nitrogens with two attached hydrogens (primary N) is 1. The molecule has 0 aromatic heterocycles. The summed E-state index contributed by atoms with van der Waals surface area (Å²) in [4.78, 5) is 2.57. The molecule has 1 fully saturated rings. The van der Waals surface area contributed by atoms with Gasteiger partial charge in [-0.25, -0.2) is 0 Å². The van der Waals surface area contributed by atoms with Crippen LogP contribution in [0.1, 0.15) is 26.2 Å². The number of hydrogen-bond donors (Lipinski definition) is 1. The largest absolute Gasteiger partial charge is 0.493 e. The summed E-state index contributed by atoms with van der Waals surface area (Å²) in [6.45, 7) is 6.21. The first kappa shape index (κ1) is 19.4. The lowest BCUT2D eigenvalue weighted by Gasteiger charge is -2.35. The molecule has 1 atom stereocenters. The van der Waals surface area contributed by atoms with E-state index in [4.69, 9.17) is 10.5 Å². The van der Waals surface area contributed by atoms with Crippen LogP contribution in [0.5, 0.6) is 5.75 Å². The standard InChI is InChI=1S/C22H29BrN2O/c1-17(10-13-24)25-14-11-18(12-15-25)16-26-22-8-4-20(5-9-22)19-2-6-21(23)7-3-19/h2-9,17-18H,10-16,24H2,1H3/t17-/m1/s1. The Hall–Kier alpha value is -1.36. The van der Waals surface area contributed by atoms with Crippen molar-refractivity contribution in [1.29, 1.82) is 0 Å². The van der Waals surface area contributed by atoms with Crippen molar-refractivity contribution in [2.45, 2.75) is 32.2 Å². The molecule has 0 radical (unpaired) electrons. The molecule has 1 saturated heterocycles. The molecule has 26 heavy (non-hydrogen) atoms. The minimum atomic E-state index is 0.605. The number of halogens is 1. The number of rotatable bonds is 7. The normalized spacial score (nSPS) is 17.2. The van der Waals surface area contributed by atoms with Crippen molar-refractivity contribution >= 4 is 15.9 Å². The zero-order valence-corrected chi connectivity index (χ0v) is 17.1. The number of nitrogens with zero attached hydrogens (tertiary/aromatic N) is 1. The topological polar surface area (TPSA) is 38.5 Å². The van der Waals surface area contributed by atoms with E-state index in [0.717, 1.165) is 42.9 Å². The number of likely N-dealkylation sites (tertiary alicyclic amines) is 1. The van der Waals surface area contributed by atoms with Crippen LogP contribution in [0.3, 0.4) is 0 Å². The van der Waals surface area contributed by atoms with E-state index in [2.05, 4.69) is 76.3 Å². The van der Waals surface area contributed by atoms with Crippen LogP contribution in [-0.2, 0) is 0 Å². The third-order valence-electron chi connectivity index (χ3n) is 5.37. The Balaban J connectivity index is 1.46. The minimum Gasteiger partial charge on any atom is -0.493 e. The Morgan fingerprint density at radius 2 is 1.62 bits per heavy atom. The Morgan fingerprint density at radius 1 is 1.04 bits per heavy atom. The summed E-state index contributed by atoms with van der Waals surface area (Å²) in [5.41, 5.74) is 8.12. The zero-order valence-electron chi connectivity index (χ0n) is 15.5. The average Bonchev–Trinajstić information content (AvgIpc) is 2.68. The van der Waals surface area contributed by atoms with E-state index in [0.29, 0.717) is 12.0 Å². The molecule has 0 bridgehead atoms. The van der Waals surface area contributed by atoms with Gasteiger partial charge in [0.05, 0.1) is 6.61 Å². The van der Waals surface area contributed by atoms with Crippen LogP contribution < -0.4 is 10.5 Å². The highest BCUT2D eigenvalue weighted by Crippen LogP contribution is 2.25. The highest BCUT2D eigenvalue weighted by molar-refractivity contribution is 9.10. The van der Waals surface area contributed by atoms with E-state index in [9.17, 15) is 0 Å². The smallest absolute Gasteiger partial charge is 0.119 e. The van der Waals surface area contributed by atoms with Gasteiger partial charge in [0.2, 0.25) is 0 Å². The van der Waals surface area contributed by atoms with Crippen molar-refractivity contribution < 1.29 is 4.74 Å². The first-order chi connectivity index (χ1) is 12.7. The SMILES string of the molecule is C[C@H](CCN)N1CCC(COc2ccc(-c3ccc(Br)cc3)cc2)CC1. The Kier molecular flexibility index (Phi) is 7.12. The molecule has 140 valence electrons. The first-order valence-corrected chi connectivity index (χ1v) is 10.4. The maximum Gasteiger partial charge on any atom is 0.119 e. The molecule has 0 amide bonds. The van der Waals surface area contributed by atoms with Crippen molar-refractivity contribution in [3.63, 3.8) is 0 Å². The van der Waals surface area contributed by atoms with Crippen molar-refractivity contribution in [2.24, 2.45) is 11.7 Å². The molecule has 1 aliphatic heterocycles. The second-order valence-corrected chi connectivity index (χ2v) is 8.16. The van der Waals surface area contributed by atoms with Gasteiger partial charge in [0.25, 0.3) is 0 Å². The monoisotopic (exact) mass is 416 g/mol. The summed E-state index contributed by atoms with van der Waals surface area (Å²) in [5.74, 6) is 1.62. The molecule has 2 aromatic carbocycles. The number of benzene rings is 2. The molecule has 3 nitrogen and oxygen atoms in total. The van der Waals surface area contributed by atoms with Crippen LogP contribution in [0.15, 0.2) is 53.0 Å². The van der Waals surface area contributed by atoms with Crippen LogP contribution in [-0.4, -0.2) is 37.2 Å². The van der Waals surface area contributed by atoms with Gasteiger partial charge in [-0.2, -0.15) is 0 Å². The number of piperidine rings is 1. The lowest BCUT2D eigenvalue weighted by atomic mass is 9.96. The van der Waals surface area contributed by atoms with Crippen LogP contribution in [0.4, 0.5) is 0 Å². The Morgan fingerprint density at radius 3 is 2.19 bits per heavy atom. The fourth-order valence-corrected chi connectivity index (χ4v) is 3.85. The fourth-order valence-electron chi connectivity index (χ4n) is 3.58. The van der Waals surface area contributed by atoms with Crippen LogP contribution >= 0.6 is 15.9 Å². The van der Waals surface area contributed by atoms with Crippen LogP contribution in [0.25, 0.3) is 11.1 Å². The molecule has 2 N–H and O–H groups in total. The summed E-state index contributed by atoms with van der Waals surface area (Å²) < 4.78 is 7.15. The van der Waals surface area contributed by atoms with Gasteiger partial charge in [-0.05, 0) is 87.1 Å². The van der Waals surface area contributed by atoms with E-state index >= 15 is 0 Å². The van der Waals surface area contributed by atoms with E-state index in [1.54, 1.807) is 0 Å².